The third-order valence-corrected chi connectivity index (χ3v) is 5.84. The van der Waals surface area contributed by atoms with Crippen molar-refractivity contribution in [1.29, 1.82) is 0 Å². The Morgan fingerprint density at radius 2 is 1.63 bits per heavy atom. The minimum atomic E-state index is -0.141. The maximum atomic E-state index is 12.1. The van der Waals surface area contributed by atoms with Gasteiger partial charge in [0.25, 0.3) is 5.91 Å². The van der Waals surface area contributed by atoms with Gasteiger partial charge in [-0.25, -0.2) is 0 Å². The second kappa shape index (κ2) is 9.60. The summed E-state index contributed by atoms with van der Waals surface area (Å²) in [5.41, 5.74) is 2.38. The molecule has 1 aromatic heterocycles. The maximum absolute atomic E-state index is 12.1. The van der Waals surface area contributed by atoms with Crippen molar-refractivity contribution < 1.29 is 9.59 Å². The van der Waals surface area contributed by atoms with Crippen molar-refractivity contribution in [3.63, 3.8) is 0 Å². The van der Waals surface area contributed by atoms with Crippen LogP contribution in [-0.2, 0) is 10.5 Å². The zero-order valence-corrected chi connectivity index (χ0v) is 16.7. The second-order valence-electron chi connectivity index (χ2n) is 5.64. The molecule has 0 aliphatic rings. The van der Waals surface area contributed by atoms with Crippen molar-refractivity contribution in [2.75, 3.05) is 16.4 Å². The molecule has 0 unspecified atom stereocenters. The minimum absolute atomic E-state index is 0.0811. The SMILES string of the molecule is O=C(CSCc1ccccc1Cl)Nc1ccc(NC(=O)c2cccs2)cc1. The summed E-state index contributed by atoms with van der Waals surface area (Å²) in [7, 11) is 0. The molecule has 0 bridgehead atoms. The normalized spacial score (nSPS) is 10.4. The molecule has 0 aliphatic heterocycles. The molecule has 0 saturated carbocycles. The predicted octanol–water partition coefficient (Wildman–Crippen LogP) is 5.53. The van der Waals surface area contributed by atoms with Crippen molar-refractivity contribution in [3.8, 4) is 0 Å². The Morgan fingerprint density at radius 3 is 2.30 bits per heavy atom. The first-order valence-corrected chi connectivity index (χ1v) is 10.6. The highest BCUT2D eigenvalue weighted by atomic mass is 35.5. The number of carbonyl (C=O) groups excluding carboxylic acids is 2. The van der Waals surface area contributed by atoms with Gasteiger partial charge in [-0.15, -0.1) is 23.1 Å². The molecule has 4 nitrogen and oxygen atoms in total. The van der Waals surface area contributed by atoms with E-state index >= 15 is 0 Å². The van der Waals surface area contributed by atoms with Gasteiger partial charge in [0.1, 0.15) is 0 Å². The molecular formula is C20H17ClN2O2S2. The van der Waals surface area contributed by atoms with E-state index in [4.69, 9.17) is 11.6 Å². The highest BCUT2D eigenvalue weighted by molar-refractivity contribution is 7.99. The van der Waals surface area contributed by atoms with Gasteiger partial charge in [-0.1, -0.05) is 35.9 Å². The largest absolute Gasteiger partial charge is 0.325 e. The van der Waals surface area contributed by atoms with E-state index in [1.54, 1.807) is 30.3 Å². The van der Waals surface area contributed by atoms with Crippen LogP contribution in [0.5, 0.6) is 0 Å². The smallest absolute Gasteiger partial charge is 0.265 e. The number of thioether (sulfide) groups is 1. The Morgan fingerprint density at radius 1 is 0.926 bits per heavy atom. The molecule has 27 heavy (non-hydrogen) atoms. The Balaban J connectivity index is 1.45. The lowest BCUT2D eigenvalue weighted by Gasteiger charge is -2.08. The number of thiophene rings is 1. The fourth-order valence-corrected chi connectivity index (χ4v) is 4.04. The van der Waals surface area contributed by atoms with E-state index in [-0.39, 0.29) is 11.8 Å². The van der Waals surface area contributed by atoms with Crippen LogP contribution in [0.2, 0.25) is 5.02 Å². The Hall–Kier alpha value is -2.28. The van der Waals surface area contributed by atoms with Gasteiger partial charge in [-0.3, -0.25) is 9.59 Å². The summed E-state index contributed by atoms with van der Waals surface area (Å²) in [4.78, 5) is 24.7. The van der Waals surface area contributed by atoms with Crippen molar-refractivity contribution in [3.05, 3.63) is 81.5 Å². The quantitative estimate of drug-likeness (QED) is 0.532. The Kier molecular flexibility index (Phi) is 6.92. The van der Waals surface area contributed by atoms with Crippen LogP contribution >= 0.6 is 34.7 Å². The molecule has 0 atom stereocenters. The molecule has 138 valence electrons. The monoisotopic (exact) mass is 416 g/mol. The highest BCUT2D eigenvalue weighted by Gasteiger charge is 2.08. The van der Waals surface area contributed by atoms with E-state index in [0.29, 0.717) is 32.8 Å². The molecule has 1 heterocycles. The van der Waals surface area contributed by atoms with Gasteiger partial charge in [0.15, 0.2) is 0 Å². The van der Waals surface area contributed by atoms with E-state index in [1.165, 1.54) is 23.1 Å². The summed E-state index contributed by atoms with van der Waals surface area (Å²) < 4.78 is 0. The van der Waals surface area contributed by atoms with Crippen LogP contribution in [0.15, 0.2) is 66.0 Å². The molecule has 2 aromatic carbocycles. The standard InChI is InChI=1S/C20H17ClN2O2S2/c21-17-5-2-1-4-14(17)12-26-13-19(24)22-15-7-9-16(10-8-15)23-20(25)18-6-3-11-27-18/h1-11H,12-13H2,(H,22,24)(H,23,25). The van der Waals surface area contributed by atoms with Crippen LogP contribution in [0.4, 0.5) is 11.4 Å². The topological polar surface area (TPSA) is 58.2 Å². The van der Waals surface area contributed by atoms with Crippen molar-refractivity contribution >= 4 is 57.9 Å². The van der Waals surface area contributed by atoms with Gasteiger partial charge in [-0.05, 0) is 47.3 Å². The van der Waals surface area contributed by atoms with E-state index in [1.807, 2.05) is 35.7 Å². The van der Waals surface area contributed by atoms with E-state index in [0.717, 1.165) is 5.56 Å². The summed E-state index contributed by atoms with van der Waals surface area (Å²) in [6.07, 6.45) is 0. The summed E-state index contributed by atoms with van der Waals surface area (Å²) in [6, 6.07) is 18.3. The van der Waals surface area contributed by atoms with Crippen LogP contribution < -0.4 is 10.6 Å². The van der Waals surface area contributed by atoms with Crippen molar-refractivity contribution in [2.24, 2.45) is 0 Å². The molecule has 0 fully saturated rings. The number of hydrogen-bond acceptors (Lipinski definition) is 4. The van der Waals surface area contributed by atoms with E-state index in [9.17, 15) is 9.59 Å². The number of nitrogens with one attached hydrogen (secondary N) is 2. The summed E-state index contributed by atoms with van der Waals surface area (Å²) >= 11 is 9.00. The molecule has 2 amide bonds. The van der Waals surface area contributed by atoms with Gasteiger partial charge in [0.05, 0.1) is 10.6 Å². The van der Waals surface area contributed by atoms with Gasteiger partial charge in [-0.2, -0.15) is 0 Å². The van der Waals surface area contributed by atoms with Gasteiger partial charge < -0.3 is 10.6 Å². The summed E-state index contributed by atoms with van der Waals surface area (Å²) in [5.74, 6) is 0.795. The van der Waals surface area contributed by atoms with E-state index in [2.05, 4.69) is 10.6 Å². The summed E-state index contributed by atoms with van der Waals surface area (Å²) in [6.45, 7) is 0. The van der Waals surface area contributed by atoms with Crippen LogP contribution in [0.25, 0.3) is 0 Å². The first-order chi connectivity index (χ1) is 13.1. The number of rotatable bonds is 7. The van der Waals surface area contributed by atoms with Crippen LogP contribution in [0, 0.1) is 0 Å². The lowest BCUT2D eigenvalue weighted by Crippen LogP contribution is -2.14. The van der Waals surface area contributed by atoms with Crippen molar-refractivity contribution in [1.82, 2.24) is 0 Å². The number of carbonyl (C=O) groups is 2. The fourth-order valence-electron chi connectivity index (χ4n) is 2.30. The first-order valence-electron chi connectivity index (χ1n) is 8.18. The van der Waals surface area contributed by atoms with Crippen LogP contribution in [-0.4, -0.2) is 17.6 Å². The Labute approximate surface area is 170 Å². The highest BCUT2D eigenvalue weighted by Crippen LogP contribution is 2.21. The van der Waals surface area contributed by atoms with E-state index < -0.39 is 0 Å². The molecule has 3 rings (SSSR count). The minimum Gasteiger partial charge on any atom is -0.325 e. The second-order valence-corrected chi connectivity index (χ2v) is 7.98. The number of halogens is 1. The zero-order valence-electron chi connectivity index (χ0n) is 14.3. The predicted molar refractivity (Wildman–Crippen MR) is 115 cm³/mol. The average molecular weight is 417 g/mol. The van der Waals surface area contributed by atoms with Crippen LogP contribution in [0.1, 0.15) is 15.2 Å². The number of amides is 2. The fraction of sp³-hybridized carbons (Fsp3) is 0.100. The molecule has 0 radical (unpaired) electrons. The number of hydrogen-bond donors (Lipinski definition) is 2. The zero-order chi connectivity index (χ0) is 19.1. The Bertz CT molecular complexity index is 912. The third kappa shape index (κ3) is 5.85. The number of anilines is 2. The molecule has 3 aromatic rings. The van der Waals surface area contributed by atoms with Gasteiger partial charge in [0.2, 0.25) is 5.91 Å². The van der Waals surface area contributed by atoms with Crippen molar-refractivity contribution in [2.45, 2.75) is 5.75 Å². The average Bonchev–Trinajstić information content (AvgIpc) is 3.20. The summed E-state index contributed by atoms with van der Waals surface area (Å²) in [5, 5.41) is 8.24. The molecular weight excluding hydrogens is 400 g/mol. The lowest BCUT2D eigenvalue weighted by molar-refractivity contribution is -0.113. The maximum Gasteiger partial charge on any atom is 0.265 e. The lowest BCUT2D eigenvalue weighted by atomic mass is 10.2. The molecule has 7 heteroatoms. The molecule has 0 spiro atoms. The number of benzene rings is 2. The van der Waals surface area contributed by atoms with Gasteiger partial charge >= 0.3 is 0 Å². The molecule has 2 N–H and O–H groups in total. The van der Waals surface area contributed by atoms with Gasteiger partial charge in [0, 0.05) is 22.2 Å². The first kappa shape index (κ1) is 19.5. The third-order valence-electron chi connectivity index (χ3n) is 3.62. The molecule has 0 aliphatic carbocycles. The molecule has 0 saturated heterocycles. The van der Waals surface area contributed by atoms with Crippen LogP contribution in [0.3, 0.4) is 0 Å².